The van der Waals surface area contributed by atoms with E-state index < -0.39 is 17.1 Å². The zero-order valence-electron chi connectivity index (χ0n) is 17.9. The van der Waals surface area contributed by atoms with E-state index in [2.05, 4.69) is 0 Å². The molecule has 0 spiro atoms. The predicted molar refractivity (Wildman–Crippen MR) is 111 cm³/mol. The second-order valence-corrected chi connectivity index (χ2v) is 7.09. The summed E-state index contributed by atoms with van der Waals surface area (Å²) in [5, 5.41) is 10.5. The van der Waals surface area contributed by atoms with Gasteiger partial charge in [0.1, 0.15) is 12.4 Å². The molecule has 0 radical (unpaired) electrons. The molecule has 1 unspecified atom stereocenters. The molecule has 1 N–H and O–H groups in total. The lowest BCUT2D eigenvalue weighted by molar-refractivity contribution is -0.135. The maximum Gasteiger partial charge on any atom is 0.227 e. The zero-order valence-corrected chi connectivity index (χ0v) is 17.9. The van der Waals surface area contributed by atoms with Gasteiger partial charge in [0, 0.05) is 32.7 Å². The fourth-order valence-corrected chi connectivity index (χ4v) is 3.55. The molecule has 1 amide bonds. The minimum atomic E-state index is -0.723. The third-order valence-corrected chi connectivity index (χ3v) is 5.16. The van der Waals surface area contributed by atoms with E-state index in [1.807, 2.05) is 0 Å². The van der Waals surface area contributed by atoms with Crippen molar-refractivity contribution in [3.05, 3.63) is 51.6 Å². The minimum Gasteiger partial charge on any atom is -0.502 e. The fourth-order valence-electron chi connectivity index (χ4n) is 3.55. The number of ether oxygens (including phenoxy) is 4. The van der Waals surface area contributed by atoms with Gasteiger partial charge in [-0.3, -0.25) is 9.59 Å². The van der Waals surface area contributed by atoms with Crippen LogP contribution in [0.1, 0.15) is 29.4 Å². The van der Waals surface area contributed by atoms with Crippen molar-refractivity contribution in [3.8, 4) is 17.2 Å². The molecule has 9 heteroatoms. The van der Waals surface area contributed by atoms with Crippen molar-refractivity contribution in [3.63, 3.8) is 0 Å². The summed E-state index contributed by atoms with van der Waals surface area (Å²) in [6, 6.07) is 6.34. The Morgan fingerprint density at radius 2 is 1.84 bits per heavy atom. The number of aromatic hydroxyl groups is 1. The molecule has 2 heterocycles. The van der Waals surface area contributed by atoms with Crippen molar-refractivity contribution in [2.45, 2.75) is 18.9 Å². The standard InChI is InChI=1S/C22H27NO8/c1-27-13-15-11-17(24)21(26)22(31-15)16(12-20(25)23-6-8-30-9-7-23)14-4-5-18(28-2)19(10-14)29-3/h4-5,10-11,16,26H,6-9,12-13H2,1-3H3. The first kappa shape index (κ1) is 22.6. The first-order valence-corrected chi connectivity index (χ1v) is 9.90. The first-order chi connectivity index (χ1) is 15.0. The monoisotopic (exact) mass is 433 g/mol. The molecule has 3 rings (SSSR count). The molecule has 0 saturated carbocycles. The normalized spacial score (nSPS) is 14.9. The van der Waals surface area contributed by atoms with Crippen molar-refractivity contribution in [1.29, 1.82) is 0 Å². The van der Waals surface area contributed by atoms with E-state index in [0.29, 0.717) is 43.4 Å². The molecule has 1 saturated heterocycles. The van der Waals surface area contributed by atoms with Gasteiger partial charge in [-0.05, 0) is 17.7 Å². The van der Waals surface area contributed by atoms with Gasteiger partial charge in [-0.2, -0.15) is 0 Å². The van der Waals surface area contributed by atoms with Crippen LogP contribution in [0.25, 0.3) is 0 Å². The summed E-state index contributed by atoms with van der Waals surface area (Å²) in [6.07, 6.45) is -0.0115. The smallest absolute Gasteiger partial charge is 0.227 e. The summed E-state index contributed by atoms with van der Waals surface area (Å²) in [7, 11) is 4.50. The topological polar surface area (TPSA) is 108 Å². The van der Waals surface area contributed by atoms with Gasteiger partial charge >= 0.3 is 0 Å². The van der Waals surface area contributed by atoms with Crippen LogP contribution in [-0.2, 0) is 20.9 Å². The van der Waals surface area contributed by atoms with E-state index in [4.69, 9.17) is 23.4 Å². The summed E-state index contributed by atoms with van der Waals surface area (Å²) in [5.41, 5.74) is 0.0323. The number of nitrogens with zero attached hydrogens (tertiary/aromatic N) is 1. The molecule has 1 fully saturated rings. The highest BCUT2D eigenvalue weighted by Gasteiger charge is 2.29. The Labute approximate surface area is 180 Å². The number of rotatable bonds is 8. The van der Waals surface area contributed by atoms with Crippen molar-refractivity contribution in [1.82, 2.24) is 4.90 Å². The fraction of sp³-hybridized carbons (Fsp3) is 0.455. The van der Waals surface area contributed by atoms with E-state index in [0.717, 1.165) is 0 Å². The van der Waals surface area contributed by atoms with E-state index in [1.54, 1.807) is 23.1 Å². The Hall–Kier alpha value is -3.04. The van der Waals surface area contributed by atoms with E-state index in [9.17, 15) is 14.7 Å². The number of morpholine rings is 1. The summed E-state index contributed by atoms with van der Waals surface area (Å²) in [5.74, 6) is -0.156. The van der Waals surface area contributed by atoms with Crippen LogP contribution < -0.4 is 14.9 Å². The second-order valence-electron chi connectivity index (χ2n) is 7.09. The third-order valence-electron chi connectivity index (χ3n) is 5.16. The summed E-state index contributed by atoms with van der Waals surface area (Å²) in [4.78, 5) is 27.1. The van der Waals surface area contributed by atoms with Gasteiger partial charge in [0.25, 0.3) is 0 Å². The van der Waals surface area contributed by atoms with Gasteiger partial charge in [0.15, 0.2) is 17.3 Å². The van der Waals surface area contributed by atoms with Crippen LogP contribution in [0.15, 0.2) is 33.5 Å². The highest BCUT2D eigenvalue weighted by molar-refractivity contribution is 5.78. The van der Waals surface area contributed by atoms with Crippen LogP contribution in [0.4, 0.5) is 0 Å². The summed E-state index contributed by atoms with van der Waals surface area (Å²) < 4.78 is 26.9. The van der Waals surface area contributed by atoms with Gasteiger partial charge in [0.2, 0.25) is 17.1 Å². The second kappa shape index (κ2) is 10.3. The van der Waals surface area contributed by atoms with Crippen molar-refractivity contribution < 1.29 is 33.3 Å². The number of carbonyl (C=O) groups is 1. The lowest BCUT2D eigenvalue weighted by Gasteiger charge is -2.28. The van der Waals surface area contributed by atoms with E-state index in [1.165, 1.54) is 27.4 Å². The van der Waals surface area contributed by atoms with Gasteiger partial charge in [-0.1, -0.05) is 6.07 Å². The largest absolute Gasteiger partial charge is 0.502 e. The molecule has 2 aromatic rings. The molecule has 1 aliphatic rings. The van der Waals surface area contributed by atoms with Crippen LogP contribution in [0.3, 0.4) is 0 Å². The molecular formula is C22H27NO8. The number of benzene rings is 1. The molecule has 168 valence electrons. The van der Waals surface area contributed by atoms with Gasteiger partial charge in [-0.15, -0.1) is 0 Å². The van der Waals surface area contributed by atoms with Crippen LogP contribution in [-0.4, -0.2) is 63.5 Å². The van der Waals surface area contributed by atoms with Gasteiger partial charge in [0.05, 0.1) is 33.4 Å². The maximum atomic E-state index is 13.0. The third kappa shape index (κ3) is 5.18. The van der Waals surface area contributed by atoms with Gasteiger partial charge < -0.3 is 33.4 Å². The van der Waals surface area contributed by atoms with Crippen molar-refractivity contribution >= 4 is 5.91 Å². The number of hydrogen-bond donors (Lipinski definition) is 1. The maximum absolute atomic E-state index is 13.0. The average molecular weight is 433 g/mol. The average Bonchev–Trinajstić information content (AvgIpc) is 2.80. The highest BCUT2D eigenvalue weighted by Crippen LogP contribution is 2.38. The number of amides is 1. The SMILES string of the molecule is COCc1cc(=O)c(O)c(C(CC(=O)N2CCOCC2)c2ccc(OC)c(OC)c2)o1. The zero-order chi connectivity index (χ0) is 22.4. The molecule has 31 heavy (non-hydrogen) atoms. The van der Waals surface area contributed by atoms with Crippen molar-refractivity contribution in [2.75, 3.05) is 47.6 Å². The predicted octanol–water partition coefficient (Wildman–Crippen LogP) is 1.89. The Bertz CT molecular complexity index is 964. The number of hydrogen-bond acceptors (Lipinski definition) is 8. The Balaban J connectivity index is 2.06. The summed E-state index contributed by atoms with van der Waals surface area (Å²) >= 11 is 0. The van der Waals surface area contributed by atoms with Crippen molar-refractivity contribution in [2.24, 2.45) is 0 Å². The molecule has 1 atom stereocenters. The van der Waals surface area contributed by atoms with E-state index in [-0.39, 0.29) is 30.5 Å². The summed E-state index contributed by atoms with van der Waals surface area (Å²) in [6.45, 7) is 1.96. The molecule has 9 nitrogen and oxygen atoms in total. The number of methoxy groups -OCH3 is 3. The quantitative estimate of drug-likeness (QED) is 0.673. The van der Waals surface area contributed by atoms with Crippen LogP contribution in [0, 0.1) is 0 Å². The Morgan fingerprint density at radius 3 is 2.48 bits per heavy atom. The molecule has 0 aliphatic carbocycles. The Morgan fingerprint density at radius 1 is 1.13 bits per heavy atom. The van der Waals surface area contributed by atoms with Crippen LogP contribution in [0.5, 0.6) is 17.2 Å². The molecule has 1 aromatic heterocycles. The Kier molecular flexibility index (Phi) is 7.54. The first-order valence-electron chi connectivity index (χ1n) is 9.90. The molecular weight excluding hydrogens is 406 g/mol. The lowest BCUT2D eigenvalue weighted by atomic mass is 9.91. The van der Waals surface area contributed by atoms with E-state index >= 15 is 0 Å². The molecule has 1 aliphatic heterocycles. The number of carbonyl (C=O) groups excluding carboxylic acids is 1. The molecule has 1 aromatic carbocycles. The van der Waals surface area contributed by atoms with Gasteiger partial charge in [-0.25, -0.2) is 0 Å². The molecule has 0 bridgehead atoms. The minimum absolute atomic E-state index is 0.00776. The lowest BCUT2D eigenvalue weighted by Crippen LogP contribution is -2.41. The highest BCUT2D eigenvalue weighted by atomic mass is 16.5. The van der Waals surface area contributed by atoms with Crippen LogP contribution >= 0.6 is 0 Å². The van der Waals surface area contributed by atoms with Crippen LogP contribution in [0.2, 0.25) is 0 Å².